The van der Waals surface area contributed by atoms with Crippen molar-refractivity contribution in [2.45, 2.75) is 29.9 Å². The molecule has 20 heavy (non-hydrogen) atoms. The van der Waals surface area contributed by atoms with Gasteiger partial charge in [0.15, 0.2) is 0 Å². The van der Waals surface area contributed by atoms with Gasteiger partial charge in [-0.05, 0) is 31.4 Å². The van der Waals surface area contributed by atoms with E-state index >= 15 is 0 Å². The lowest BCUT2D eigenvalue weighted by Gasteiger charge is -2.31. The summed E-state index contributed by atoms with van der Waals surface area (Å²) in [5.74, 6) is 0. The van der Waals surface area contributed by atoms with Gasteiger partial charge in [-0.15, -0.1) is 0 Å². The predicted octanol–water partition coefficient (Wildman–Crippen LogP) is 0.437. The zero-order chi connectivity index (χ0) is 15.0. The summed E-state index contributed by atoms with van der Waals surface area (Å²) in [4.78, 5) is 0.218. The zero-order valence-corrected chi connectivity index (χ0v) is 12.8. The Morgan fingerprint density at radius 3 is 2.45 bits per heavy atom. The molecule has 1 unspecified atom stereocenters. The molecule has 1 fully saturated rings. The van der Waals surface area contributed by atoms with Crippen LogP contribution in [-0.4, -0.2) is 39.5 Å². The standard InChI is InChI=1S/C12H18N2O4S2/c1-10-5-2-3-7-12(10)20(17,18)14-8-4-6-11(9-14)19(13,15)16/h2-3,5,7,11H,4,6,8-9H2,1H3,(H2,13,15,16). The summed E-state index contributed by atoms with van der Waals surface area (Å²) in [5.41, 5.74) is 0.644. The number of primary sulfonamides is 1. The van der Waals surface area contributed by atoms with Gasteiger partial charge < -0.3 is 0 Å². The van der Waals surface area contributed by atoms with Gasteiger partial charge >= 0.3 is 0 Å². The highest BCUT2D eigenvalue weighted by Gasteiger charge is 2.35. The van der Waals surface area contributed by atoms with Gasteiger partial charge in [-0.3, -0.25) is 0 Å². The second-order valence-electron chi connectivity index (χ2n) is 4.98. The molecule has 1 heterocycles. The van der Waals surface area contributed by atoms with Crippen molar-refractivity contribution in [3.05, 3.63) is 29.8 Å². The monoisotopic (exact) mass is 318 g/mol. The molecule has 1 atom stereocenters. The molecule has 2 rings (SSSR count). The summed E-state index contributed by atoms with van der Waals surface area (Å²) in [6, 6.07) is 6.66. The maximum atomic E-state index is 12.6. The largest absolute Gasteiger partial charge is 0.243 e. The molecule has 1 aromatic carbocycles. The van der Waals surface area contributed by atoms with Gasteiger partial charge in [-0.2, -0.15) is 4.31 Å². The SMILES string of the molecule is Cc1ccccc1S(=O)(=O)N1CCCC(S(N)(=O)=O)C1. The fraction of sp³-hybridized carbons (Fsp3) is 0.500. The zero-order valence-electron chi connectivity index (χ0n) is 11.2. The molecule has 0 aliphatic carbocycles. The van der Waals surface area contributed by atoms with E-state index in [4.69, 9.17) is 5.14 Å². The van der Waals surface area contributed by atoms with E-state index in [-0.39, 0.29) is 11.4 Å². The number of hydrogen-bond acceptors (Lipinski definition) is 4. The number of piperidine rings is 1. The van der Waals surface area contributed by atoms with Crippen molar-refractivity contribution >= 4 is 20.0 Å². The van der Waals surface area contributed by atoms with Crippen LogP contribution >= 0.6 is 0 Å². The van der Waals surface area contributed by atoms with Crippen molar-refractivity contribution in [1.82, 2.24) is 4.31 Å². The van der Waals surface area contributed by atoms with Crippen molar-refractivity contribution < 1.29 is 16.8 Å². The van der Waals surface area contributed by atoms with Crippen molar-refractivity contribution in [2.75, 3.05) is 13.1 Å². The number of sulfonamides is 2. The number of hydrogen-bond donors (Lipinski definition) is 1. The Hall–Kier alpha value is -0.960. The number of benzene rings is 1. The van der Waals surface area contributed by atoms with Gasteiger partial charge in [-0.25, -0.2) is 22.0 Å². The third-order valence-electron chi connectivity index (χ3n) is 3.52. The van der Waals surface area contributed by atoms with Gasteiger partial charge in [0.05, 0.1) is 10.1 Å². The second-order valence-corrected chi connectivity index (χ2v) is 8.73. The first-order valence-corrected chi connectivity index (χ1v) is 9.35. The topological polar surface area (TPSA) is 97.5 Å². The number of aryl methyl sites for hydroxylation is 1. The lowest BCUT2D eigenvalue weighted by Crippen LogP contribution is -2.47. The average molecular weight is 318 g/mol. The summed E-state index contributed by atoms with van der Waals surface area (Å²) in [5, 5.41) is 4.31. The molecular weight excluding hydrogens is 300 g/mol. The van der Waals surface area contributed by atoms with E-state index in [2.05, 4.69) is 0 Å². The van der Waals surface area contributed by atoms with E-state index in [1.54, 1.807) is 25.1 Å². The quantitative estimate of drug-likeness (QED) is 0.874. The fourth-order valence-electron chi connectivity index (χ4n) is 2.38. The van der Waals surface area contributed by atoms with Gasteiger partial charge in [-0.1, -0.05) is 18.2 Å². The summed E-state index contributed by atoms with van der Waals surface area (Å²) >= 11 is 0. The molecule has 112 valence electrons. The maximum absolute atomic E-state index is 12.6. The van der Waals surface area contributed by atoms with E-state index in [0.29, 0.717) is 24.9 Å². The van der Waals surface area contributed by atoms with Crippen LogP contribution in [0, 0.1) is 6.92 Å². The normalized spacial score (nSPS) is 21.8. The van der Waals surface area contributed by atoms with Crippen molar-refractivity contribution in [2.24, 2.45) is 5.14 Å². The van der Waals surface area contributed by atoms with Crippen LogP contribution in [0.3, 0.4) is 0 Å². The summed E-state index contributed by atoms with van der Waals surface area (Å²) in [6.07, 6.45) is 0.894. The first kappa shape index (κ1) is 15.4. The summed E-state index contributed by atoms with van der Waals surface area (Å²) in [6.45, 7) is 1.96. The molecule has 0 radical (unpaired) electrons. The molecule has 0 aromatic heterocycles. The minimum Gasteiger partial charge on any atom is -0.228 e. The van der Waals surface area contributed by atoms with Gasteiger partial charge in [0.1, 0.15) is 0 Å². The van der Waals surface area contributed by atoms with Gasteiger partial charge in [0, 0.05) is 13.1 Å². The smallest absolute Gasteiger partial charge is 0.228 e. The van der Waals surface area contributed by atoms with Crippen LogP contribution in [0.2, 0.25) is 0 Å². The molecule has 6 nitrogen and oxygen atoms in total. The molecular formula is C12H18N2O4S2. The van der Waals surface area contributed by atoms with Gasteiger partial charge in [0.25, 0.3) is 0 Å². The third-order valence-corrected chi connectivity index (χ3v) is 6.86. The molecule has 1 aromatic rings. The second kappa shape index (κ2) is 5.44. The van der Waals surface area contributed by atoms with Crippen LogP contribution in [0.5, 0.6) is 0 Å². The van der Waals surface area contributed by atoms with E-state index in [9.17, 15) is 16.8 Å². The molecule has 2 N–H and O–H groups in total. The molecule has 0 saturated carbocycles. The third kappa shape index (κ3) is 3.03. The number of nitrogens with zero attached hydrogens (tertiary/aromatic N) is 1. The number of rotatable bonds is 3. The Balaban J connectivity index is 2.33. The minimum atomic E-state index is -3.72. The van der Waals surface area contributed by atoms with E-state index < -0.39 is 25.3 Å². The van der Waals surface area contributed by atoms with E-state index in [0.717, 1.165) is 0 Å². The Kier molecular flexibility index (Phi) is 4.19. The van der Waals surface area contributed by atoms with Crippen LogP contribution < -0.4 is 5.14 Å². The molecule has 1 aliphatic rings. The molecule has 1 aliphatic heterocycles. The molecule has 0 bridgehead atoms. The maximum Gasteiger partial charge on any atom is 0.243 e. The lowest BCUT2D eigenvalue weighted by atomic mass is 10.2. The van der Waals surface area contributed by atoms with E-state index in [1.807, 2.05) is 0 Å². The first-order valence-electron chi connectivity index (χ1n) is 6.30. The molecule has 1 saturated heterocycles. The van der Waals surface area contributed by atoms with Crippen molar-refractivity contribution in [3.63, 3.8) is 0 Å². The van der Waals surface area contributed by atoms with Crippen LogP contribution in [-0.2, 0) is 20.0 Å². The lowest BCUT2D eigenvalue weighted by molar-refractivity contribution is 0.346. The molecule has 8 heteroatoms. The number of nitrogens with two attached hydrogens (primary N) is 1. The van der Waals surface area contributed by atoms with Crippen LogP contribution in [0.15, 0.2) is 29.2 Å². The fourth-order valence-corrected chi connectivity index (χ4v) is 5.10. The first-order chi connectivity index (χ1) is 9.23. The van der Waals surface area contributed by atoms with Crippen molar-refractivity contribution in [3.8, 4) is 0 Å². The van der Waals surface area contributed by atoms with E-state index in [1.165, 1.54) is 10.4 Å². The Labute approximate surface area is 119 Å². The highest BCUT2D eigenvalue weighted by atomic mass is 32.2. The van der Waals surface area contributed by atoms with Crippen LogP contribution in [0.25, 0.3) is 0 Å². The highest BCUT2D eigenvalue weighted by molar-refractivity contribution is 7.90. The van der Waals surface area contributed by atoms with Crippen LogP contribution in [0.1, 0.15) is 18.4 Å². The molecule has 0 spiro atoms. The summed E-state index contributed by atoms with van der Waals surface area (Å²) < 4.78 is 49.2. The Morgan fingerprint density at radius 1 is 1.20 bits per heavy atom. The Morgan fingerprint density at radius 2 is 1.85 bits per heavy atom. The Bertz CT molecular complexity index is 698. The van der Waals surface area contributed by atoms with Crippen LogP contribution in [0.4, 0.5) is 0 Å². The minimum absolute atomic E-state index is 0.0739. The van der Waals surface area contributed by atoms with Crippen molar-refractivity contribution in [1.29, 1.82) is 0 Å². The summed E-state index contributed by atoms with van der Waals surface area (Å²) in [7, 11) is -7.39. The van der Waals surface area contributed by atoms with Gasteiger partial charge in [0.2, 0.25) is 20.0 Å². The highest BCUT2D eigenvalue weighted by Crippen LogP contribution is 2.24. The predicted molar refractivity (Wildman–Crippen MR) is 76.1 cm³/mol. The molecule has 0 amide bonds. The average Bonchev–Trinajstić information content (AvgIpc) is 2.38.